The molecule has 0 aliphatic carbocycles. The Kier molecular flexibility index (Phi) is 47.3. The molecule has 0 fully saturated rings. The van der Waals surface area contributed by atoms with Crippen molar-refractivity contribution >= 4 is 11.9 Å². The van der Waals surface area contributed by atoms with Crippen LogP contribution in [0.1, 0.15) is 207 Å². The van der Waals surface area contributed by atoms with E-state index in [1.165, 1.54) is 83.5 Å². The summed E-state index contributed by atoms with van der Waals surface area (Å²) >= 11 is 0. The lowest BCUT2D eigenvalue weighted by Crippen LogP contribution is -2.46. The van der Waals surface area contributed by atoms with Gasteiger partial charge in [0, 0.05) is 12.8 Å². The zero-order valence-electron chi connectivity index (χ0n) is 41.1. The smallest absolute Gasteiger partial charge is 0.306 e. The summed E-state index contributed by atoms with van der Waals surface area (Å²) in [6, 6.07) is -0.749. The highest BCUT2D eigenvalue weighted by atomic mass is 16.5. The first-order chi connectivity index (χ1) is 31.5. The highest BCUT2D eigenvalue weighted by Crippen LogP contribution is 2.16. The molecule has 1 amide bonds. The van der Waals surface area contributed by atoms with Gasteiger partial charge < -0.3 is 20.3 Å². The average molecular weight is 886 g/mol. The van der Waals surface area contributed by atoms with Gasteiger partial charge in [-0.05, 0) is 64.2 Å². The van der Waals surface area contributed by atoms with E-state index >= 15 is 0 Å². The van der Waals surface area contributed by atoms with E-state index in [0.29, 0.717) is 19.3 Å². The molecule has 0 heterocycles. The molecular weight excluding hydrogens is 791 g/mol. The summed E-state index contributed by atoms with van der Waals surface area (Å²) in [6.45, 7) is 6.26. The second-order valence-corrected chi connectivity index (χ2v) is 17.0. The number of hydrogen-bond donors (Lipinski definition) is 3. The van der Waals surface area contributed by atoms with Gasteiger partial charge in [-0.25, -0.2) is 0 Å². The zero-order valence-corrected chi connectivity index (χ0v) is 41.1. The van der Waals surface area contributed by atoms with Gasteiger partial charge in [-0.15, -0.1) is 0 Å². The highest BCUT2D eigenvalue weighted by molar-refractivity contribution is 5.77. The molecule has 3 atom stereocenters. The van der Waals surface area contributed by atoms with Crippen LogP contribution in [-0.4, -0.2) is 46.9 Å². The third-order valence-electron chi connectivity index (χ3n) is 10.9. The number of hydrogen-bond acceptors (Lipinski definition) is 5. The van der Waals surface area contributed by atoms with Gasteiger partial charge in [0.05, 0.1) is 25.2 Å². The van der Waals surface area contributed by atoms with Crippen molar-refractivity contribution in [1.82, 2.24) is 5.32 Å². The van der Waals surface area contributed by atoms with Gasteiger partial charge in [-0.3, -0.25) is 9.59 Å². The van der Waals surface area contributed by atoms with Crippen LogP contribution in [0.2, 0.25) is 0 Å². The first-order valence-corrected chi connectivity index (χ1v) is 25.8. The van der Waals surface area contributed by atoms with Gasteiger partial charge in [-0.1, -0.05) is 245 Å². The van der Waals surface area contributed by atoms with Crippen molar-refractivity contribution in [3.63, 3.8) is 0 Å². The number of rotatable bonds is 44. The fraction of sp³-hybridized carbons (Fsp3) is 0.621. The van der Waals surface area contributed by atoms with Gasteiger partial charge in [-0.2, -0.15) is 0 Å². The van der Waals surface area contributed by atoms with E-state index in [9.17, 15) is 19.8 Å². The van der Waals surface area contributed by atoms with Gasteiger partial charge >= 0.3 is 5.97 Å². The number of aliphatic hydroxyl groups excluding tert-OH is 2. The Labute approximate surface area is 393 Å². The van der Waals surface area contributed by atoms with E-state index in [0.717, 1.165) is 77.0 Å². The van der Waals surface area contributed by atoms with E-state index in [1.807, 2.05) is 72.9 Å². The molecule has 0 aliphatic heterocycles. The lowest BCUT2D eigenvalue weighted by molar-refractivity contribution is -0.150. The fourth-order valence-electron chi connectivity index (χ4n) is 7.03. The maximum absolute atomic E-state index is 13.2. The molecule has 3 unspecified atom stereocenters. The van der Waals surface area contributed by atoms with Gasteiger partial charge in [0.15, 0.2) is 0 Å². The molecule has 0 saturated carbocycles. The number of carbonyl (C=O) groups excluding carboxylic acids is 2. The zero-order chi connectivity index (χ0) is 46.7. The Morgan fingerprint density at radius 1 is 0.500 bits per heavy atom. The lowest BCUT2D eigenvalue weighted by atomic mass is 10.0. The first kappa shape index (κ1) is 60.3. The number of aliphatic hydroxyl groups is 2. The molecular formula is C58H95NO5. The molecule has 0 saturated heterocycles. The van der Waals surface area contributed by atoms with E-state index in [4.69, 9.17) is 4.74 Å². The van der Waals surface area contributed by atoms with Crippen LogP contribution < -0.4 is 5.32 Å². The van der Waals surface area contributed by atoms with E-state index < -0.39 is 18.2 Å². The predicted molar refractivity (Wildman–Crippen MR) is 277 cm³/mol. The Hall–Kier alpha value is -3.74. The van der Waals surface area contributed by atoms with E-state index in [-0.39, 0.29) is 24.9 Å². The van der Waals surface area contributed by atoms with Crippen molar-refractivity contribution < 1.29 is 24.5 Å². The Bertz CT molecular complexity index is 1360. The van der Waals surface area contributed by atoms with Crippen LogP contribution in [-0.2, 0) is 14.3 Å². The van der Waals surface area contributed by atoms with Gasteiger partial charge in [0.2, 0.25) is 5.91 Å². The Morgan fingerprint density at radius 2 is 0.938 bits per heavy atom. The van der Waals surface area contributed by atoms with Gasteiger partial charge in [0.1, 0.15) is 6.10 Å². The minimum absolute atomic E-state index is 0.0246. The number of unbranched alkanes of at least 4 members (excludes halogenated alkanes) is 18. The van der Waals surface area contributed by atoms with Crippen LogP contribution >= 0.6 is 0 Å². The molecule has 0 bridgehead atoms. The monoisotopic (exact) mass is 886 g/mol. The number of nitrogens with one attached hydrogen (secondary N) is 1. The van der Waals surface area contributed by atoms with Crippen molar-refractivity contribution in [2.75, 3.05) is 6.61 Å². The standard InChI is InChI=1S/C58H95NO5/c1-4-7-10-13-16-19-22-25-27-28-30-33-36-39-42-45-48-51-58(63)64-54(49-46-43-40-37-34-32-29-26-23-20-17-14-11-8-5-2)52-57(62)59-55(53-60)56(61)50-47-44-41-38-35-31-24-21-18-15-12-9-6-3/h7,10,13,16-17,19-20,22,25-30,33-34,36-37,43,46,54-56,60-61H,4-6,8-9,11-12,14-15,18,21,23-24,31-32,35,38-42,44-45,47-53H2,1-3H3,(H,59,62)/b10-7-,16-13+,20-17-,22-19+,27-25-,29-26-,30-28+,36-33+,37-34-,46-43-. The topological polar surface area (TPSA) is 95.9 Å². The SMILES string of the molecule is CC\C=C/C=C/C=C/C=C\C=C\C=C\CCCCCC(=O)OC(C/C=C\C/C=C\C/C=C\C/C=C\CCCCC)CC(=O)NC(CO)C(O)CCCCCCCCCCCCCCC. The molecule has 0 aliphatic rings. The van der Waals surface area contributed by atoms with Crippen LogP contribution in [0, 0.1) is 0 Å². The normalized spacial score (nSPS) is 14.3. The van der Waals surface area contributed by atoms with E-state index in [2.05, 4.69) is 74.7 Å². The predicted octanol–water partition coefficient (Wildman–Crippen LogP) is 15.7. The molecule has 64 heavy (non-hydrogen) atoms. The second-order valence-electron chi connectivity index (χ2n) is 17.0. The summed E-state index contributed by atoms with van der Waals surface area (Å²) < 4.78 is 5.85. The average Bonchev–Trinajstić information content (AvgIpc) is 3.29. The molecule has 0 spiro atoms. The second kappa shape index (κ2) is 50.3. The quantitative estimate of drug-likeness (QED) is 0.0245. The van der Waals surface area contributed by atoms with Crippen molar-refractivity contribution in [3.05, 3.63) is 122 Å². The van der Waals surface area contributed by atoms with Crippen molar-refractivity contribution in [1.29, 1.82) is 0 Å². The number of allylic oxidation sites excluding steroid dienone is 19. The summed E-state index contributed by atoms with van der Waals surface area (Å²) in [5, 5.41) is 23.7. The third-order valence-corrected chi connectivity index (χ3v) is 10.9. The molecule has 6 heteroatoms. The van der Waals surface area contributed by atoms with Crippen LogP contribution in [0.3, 0.4) is 0 Å². The molecule has 6 nitrogen and oxygen atoms in total. The summed E-state index contributed by atoms with van der Waals surface area (Å²) in [5.74, 6) is -0.639. The maximum atomic E-state index is 13.2. The summed E-state index contributed by atoms with van der Waals surface area (Å²) in [6.07, 6.45) is 69.8. The van der Waals surface area contributed by atoms with Crippen LogP contribution in [0.4, 0.5) is 0 Å². The number of amides is 1. The molecule has 0 rings (SSSR count). The Morgan fingerprint density at radius 3 is 1.48 bits per heavy atom. The van der Waals surface area contributed by atoms with Crippen molar-refractivity contribution in [2.45, 2.75) is 225 Å². The highest BCUT2D eigenvalue weighted by Gasteiger charge is 2.23. The third kappa shape index (κ3) is 44.9. The van der Waals surface area contributed by atoms with Crippen LogP contribution in [0.25, 0.3) is 0 Å². The first-order valence-electron chi connectivity index (χ1n) is 25.8. The van der Waals surface area contributed by atoms with Crippen molar-refractivity contribution in [2.24, 2.45) is 0 Å². The lowest BCUT2D eigenvalue weighted by Gasteiger charge is -2.24. The van der Waals surface area contributed by atoms with Crippen molar-refractivity contribution in [3.8, 4) is 0 Å². The maximum Gasteiger partial charge on any atom is 0.306 e. The molecule has 0 aromatic carbocycles. The molecule has 0 aromatic rings. The molecule has 362 valence electrons. The molecule has 0 aromatic heterocycles. The minimum Gasteiger partial charge on any atom is -0.461 e. The van der Waals surface area contributed by atoms with Gasteiger partial charge in [0.25, 0.3) is 0 Å². The largest absolute Gasteiger partial charge is 0.461 e. The molecule has 0 radical (unpaired) electrons. The number of carbonyl (C=O) groups is 2. The Balaban J connectivity index is 4.84. The summed E-state index contributed by atoms with van der Waals surface area (Å²) in [5.41, 5.74) is 0. The minimum atomic E-state index is -0.827. The molecule has 3 N–H and O–H groups in total. The number of ether oxygens (including phenoxy) is 1. The van der Waals surface area contributed by atoms with E-state index in [1.54, 1.807) is 0 Å². The van der Waals surface area contributed by atoms with Crippen LogP contribution in [0.15, 0.2) is 122 Å². The van der Waals surface area contributed by atoms with Crippen LogP contribution in [0.5, 0.6) is 0 Å². The summed E-state index contributed by atoms with van der Waals surface area (Å²) in [4.78, 5) is 26.1. The number of esters is 1. The summed E-state index contributed by atoms with van der Waals surface area (Å²) in [7, 11) is 0. The fourth-order valence-corrected chi connectivity index (χ4v) is 7.03.